The molecule has 2 N–H and O–H groups in total. The molecule has 2 aromatic heterocycles. The molecular formula is C22H26IN5O. The van der Waals surface area contributed by atoms with Crippen LogP contribution in [0.2, 0.25) is 0 Å². The van der Waals surface area contributed by atoms with Crippen molar-refractivity contribution in [2.24, 2.45) is 0 Å². The number of fused-ring (bicyclic) bond motifs is 2. The molecule has 0 fully saturated rings. The van der Waals surface area contributed by atoms with Crippen molar-refractivity contribution in [1.82, 2.24) is 25.2 Å². The number of aryl methyl sites for hydroxylation is 1. The van der Waals surface area contributed by atoms with Crippen LogP contribution in [0.15, 0.2) is 42.6 Å². The number of nitrogens with zero attached hydrogens (tertiary/aromatic N) is 3. The number of pyridine rings is 1. The SMILES string of the molecule is O=C(I)NCCCCN(Cc1nc2ccccc2[nH]1)[C@H]1CCCc2cccnc21. The quantitative estimate of drug-likeness (QED) is 0.201. The smallest absolute Gasteiger partial charge is 0.280 e. The molecule has 152 valence electrons. The molecule has 0 aliphatic heterocycles. The van der Waals surface area contributed by atoms with E-state index in [1.54, 1.807) is 22.6 Å². The molecule has 6 nitrogen and oxygen atoms in total. The number of carbonyl (C=O) groups is 1. The maximum absolute atomic E-state index is 11.1. The maximum atomic E-state index is 11.1. The third kappa shape index (κ3) is 5.14. The maximum Gasteiger partial charge on any atom is 0.280 e. The highest BCUT2D eigenvalue weighted by atomic mass is 127. The monoisotopic (exact) mass is 503 g/mol. The zero-order valence-corrected chi connectivity index (χ0v) is 18.6. The van der Waals surface area contributed by atoms with Crippen molar-refractivity contribution >= 4 is 37.5 Å². The van der Waals surface area contributed by atoms with E-state index in [2.05, 4.69) is 27.3 Å². The van der Waals surface area contributed by atoms with E-state index in [0.717, 1.165) is 62.2 Å². The Balaban J connectivity index is 1.51. The highest BCUT2D eigenvalue weighted by Gasteiger charge is 2.27. The molecule has 1 amide bonds. The number of hydrogen-bond donors (Lipinski definition) is 2. The van der Waals surface area contributed by atoms with Crippen molar-refractivity contribution < 1.29 is 4.79 Å². The lowest BCUT2D eigenvalue weighted by Crippen LogP contribution is -2.33. The van der Waals surface area contributed by atoms with Crippen LogP contribution in [-0.4, -0.2) is 36.9 Å². The average molecular weight is 503 g/mol. The van der Waals surface area contributed by atoms with Gasteiger partial charge in [-0.15, -0.1) is 0 Å². The molecule has 0 unspecified atom stereocenters. The Kier molecular flexibility index (Phi) is 6.76. The number of rotatable bonds is 8. The van der Waals surface area contributed by atoms with Gasteiger partial charge < -0.3 is 10.3 Å². The lowest BCUT2D eigenvalue weighted by atomic mass is 9.90. The Morgan fingerprint density at radius 1 is 1.24 bits per heavy atom. The summed E-state index contributed by atoms with van der Waals surface area (Å²) < 4.78 is 0.00661. The van der Waals surface area contributed by atoms with E-state index in [-0.39, 0.29) is 3.91 Å². The van der Waals surface area contributed by atoms with E-state index in [0.29, 0.717) is 6.04 Å². The van der Waals surface area contributed by atoms with Gasteiger partial charge in [0.2, 0.25) is 0 Å². The summed E-state index contributed by atoms with van der Waals surface area (Å²) in [6.45, 7) is 2.45. The minimum atomic E-state index is 0.00661. The second-order valence-corrected chi connectivity index (χ2v) is 8.51. The van der Waals surface area contributed by atoms with Crippen LogP contribution in [0.4, 0.5) is 4.79 Å². The van der Waals surface area contributed by atoms with Crippen LogP contribution < -0.4 is 5.32 Å². The van der Waals surface area contributed by atoms with Gasteiger partial charge in [-0.1, -0.05) is 18.2 Å². The number of hydrogen-bond acceptors (Lipinski definition) is 4. The number of aromatic nitrogens is 3. The lowest BCUT2D eigenvalue weighted by molar-refractivity contribution is 0.159. The average Bonchev–Trinajstić information content (AvgIpc) is 3.14. The first kappa shape index (κ1) is 20.3. The zero-order chi connectivity index (χ0) is 20.1. The molecule has 1 aliphatic rings. The van der Waals surface area contributed by atoms with Crippen LogP contribution >= 0.6 is 22.6 Å². The number of amides is 1. The van der Waals surface area contributed by atoms with Gasteiger partial charge >= 0.3 is 0 Å². The minimum absolute atomic E-state index is 0.00661. The van der Waals surface area contributed by atoms with Gasteiger partial charge in [-0.3, -0.25) is 14.7 Å². The van der Waals surface area contributed by atoms with E-state index in [9.17, 15) is 4.79 Å². The van der Waals surface area contributed by atoms with Gasteiger partial charge in [0, 0.05) is 35.3 Å². The fourth-order valence-corrected chi connectivity index (χ4v) is 4.45. The molecular weight excluding hydrogens is 477 g/mol. The summed E-state index contributed by atoms with van der Waals surface area (Å²) in [6, 6.07) is 12.7. The minimum Gasteiger partial charge on any atom is -0.348 e. The van der Waals surface area contributed by atoms with Gasteiger partial charge in [-0.25, -0.2) is 4.98 Å². The van der Waals surface area contributed by atoms with Gasteiger partial charge in [0.05, 0.1) is 29.3 Å². The molecule has 29 heavy (non-hydrogen) atoms. The Morgan fingerprint density at radius 2 is 2.14 bits per heavy atom. The second-order valence-electron chi connectivity index (χ2n) is 7.53. The molecule has 7 heteroatoms. The van der Waals surface area contributed by atoms with Crippen LogP contribution in [0.1, 0.15) is 48.8 Å². The van der Waals surface area contributed by atoms with Gasteiger partial charge in [0.15, 0.2) is 0 Å². The van der Waals surface area contributed by atoms with Gasteiger partial charge in [0.25, 0.3) is 3.91 Å². The highest BCUT2D eigenvalue weighted by molar-refractivity contribution is 14.1. The first-order valence-corrected chi connectivity index (χ1v) is 11.3. The summed E-state index contributed by atoms with van der Waals surface area (Å²) in [7, 11) is 0. The van der Waals surface area contributed by atoms with Gasteiger partial charge in [-0.2, -0.15) is 0 Å². The summed E-state index contributed by atoms with van der Waals surface area (Å²) >= 11 is 1.78. The predicted octanol–water partition coefficient (Wildman–Crippen LogP) is 4.76. The number of carbonyl (C=O) groups excluding carboxylic acids is 1. The fourth-order valence-electron chi connectivity index (χ4n) is 4.18. The fraction of sp³-hybridized carbons (Fsp3) is 0.409. The molecule has 1 aromatic carbocycles. The third-order valence-electron chi connectivity index (χ3n) is 5.53. The predicted molar refractivity (Wildman–Crippen MR) is 123 cm³/mol. The van der Waals surface area contributed by atoms with Gasteiger partial charge in [0.1, 0.15) is 5.82 Å². The number of aromatic amines is 1. The molecule has 2 heterocycles. The molecule has 0 spiro atoms. The van der Waals surface area contributed by atoms with Gasteiger partial charge in [-0.05, 0) is 62.4 Å². The van der Waals surface area contributed by atoms with Crippen molar-refractivity contribution in [3.63, 3.8) is 0 Å². The van der Waals surface area contributed by atoms with Crippen LogP contribution in [0.3, 0.4) is 0 Å². The molecule has 4 rings (SSSR count). The van der Waals surface area contributed by atoms with Crippen molar-refractivity contribution in [3.05, 3.63) is 59.7 Å². The summed E-state index contributed by atoms with van der Waals surface area (Å²) in [5.74, 6) is 0.995. The number of para-hydroxylation sites is 2. The Labute approximate surface area is 184 Å². The van der Waals surface area contributed by atoms with Crippen LogP contribution in [0, 0.1) is 0 Å². The second kappa shape index (κ2) is 9.67. The normalized spacial score (nSPS) is 16.1. The molecule has 1 aliphatic carbocycles. The number of H-pyrrole nitrogens is 1. The molecule has 1 atom stereocenters. The molecule has 0 bridgehead atoms. The zero-order valence-electron chi connectivity index (χ0n) is 16.4. The van der Waals surface area contributed by atoms with E-state index in [4.69, 9.17) is 9.97 Å². The molecule has 0 radical (unpaired) electrons. The summed E-state index contributed by atoms with van der Waals surface area (Å²) in [5.41, 5.74) is 4.68. The first-order valence-electron chi connectivity index (χ1n) is 10.3. The van der Waals surface area contributed by atoms with Crippen molar-refractivity contribution in [1.29, 1.82) is 0 Å². The summed E-state index contributed by atoms with van der Waals surface area (Å²) in [5, 5.41) is 2.88. The molecule has 0 saturated carbocycles. The number of unbranched alkanes of at least 4 members (excludes halogenated alkanes) is 1. The largest absolute Gasteiger partial charge is 0.348 e. The van der Waals surface area contributed by atoms with Crippen molar-refractivity contribution in [3.8, 4) is 0 Å². The van der Waals surface area contributed by atoms with Crippen LogP contribution in [0.25, 0.3) is 11.0 Å². The van der Waals surface area contributed by atoms with Crippen molar-refractivity contribution in [2.75, 3.05) is 13.1 Å². The van der Waals surface area contributed by atoms with Crippen LogP contribution in [-0.2, 0) is 13.0 Å². The number of imidazole rings is 1. The Morgan fingerprint density at radius 3 is 3.00 bits per heavy atom. The summed E-state index contributed by atoms with van der Waals surface area (Å²) in [4.78, 5) is 26.6. The number of halogens is 1. The standard InChI is InChI=1S/C22H26IN5O/c23-22(29)25-12-3-4-14-28(15-20-26-17-9-1-2-10-18(17)27-20)19-11-5-7-16-8-6-13-24-21(16)19/h1-2,6,8-10,13,19H,3-5,7,11-12,14-15H2,(H,25,29)(H,26,27)/t19-/m0/s1. The lowest BCUT2D eigenvalue weighted by Gasteiger charge is -2.34. The highest BCUT2D eigenvalue weighted by Crippen LogP contribution is 2.33. The first-order chi connectivity index (χ1) is 14.2. The van der Waals surface area contributed by atoms with E-state index in [1.165, 1.54) is 17.7 Å². The van der Waals surface area contributed by atoms with Crippen LogP contribution in [0.5, 0.6) is 0 Å². The molecule has 0 saturated heterocycles. The van der Waals surface area contributed by atoms with E-state index in [1.807, 2.05) is 30.5 Å². The third-order valence-corrected chi connectivity index (χ3v) is 5.91. The topological polar surface area (TPSA) is 73.9 Å². The van der Waals surface area contributed by atoms with E-state index < -0.39 is 0 Å². The van der Waals surface area contributed by atoms with E-state index >= 15 is 0 Å². The Hall–Kier alpha value is -2.00. The summed E-state index contributed by atoms with van der Waals surface area (Å²) in [6.07, 6.45) is 7.31. The number of benzene rings is 1. The van der Waals surface area contributed by atoms with Crippen molar-refractivity contribution in [2.45, 2.75) is 44.7 Å². The number of nitrogens with one attached hydrogen (secondary N) is 2. The Bertz CT molecular complexity index is 940. The molecule has 3 aromatic rings.